The average molecular weight is 198 g/mol. The minimum absolute atomic E-state index is 0.497. The molecule has 0 aliphatic heterocycles. The third kappa shape index (κ3) is 1.19. The van der Waals surface area contributed by atoms with Crippen LogP contribution in [0.1, 0.15) is 5.69 Å². The molecule has 0 spiro atoms. The number of imidazole rings is 1. The molecule has 15 heavy (non-hydrogen) atoms. The van der Waals surface area contributed by atoms with Gasteiger partial charge in [0.25, 0.3) is 0 Å². The number of nitrogens with one attached hydrogen (secondary N) is 1. The van der Waals surface area contributed by atoms with Crippen molar-refractivity contribution in [1.29, 1.82) is 0 Å². The highest BCUT2D eigenvalue weighted by atomic mass is 14.9. The molecule has 74 valence electrons. The van der Waals surface area contributed by atoms with Crippen molar-refractivity contribution in [3.8, 4) is 0 Å². The van der Waals surface area contributed by atoms with E-state index in [1.165, 1.54) is 0 Å². The first-order valence-electron chi connectivity index (χ1n) is 4.79. The van der Waals surface area contributed by atoms with Crippen molar-refractivity contribution in [2.75, 3.05) is 0 Å². The standard InChI is InChI=1S/C11H10N4/c12-5-11-8-4-10-9(14-6-15-10)3-7(8)1-2-13-11/h1-4,6,13H,5,12H2. The Morgan fingerprint density at radius 2 is 2.00 bits per heavy atom. The molecule has 4 nitrogen and oxygen atoms in total. The van der Waals surface area contributed by atoms with E-state index < -0.39 is 0 Å². The van der Waals surface area contributed by atoms with Gasteiger partial charge in [-0.25, -0.2) is 9.97 Å². The lowest BCUT2D eigenvalue weighted by Crippen LogP contribution is -1.99. The molecule has 0 atom stereocenters. The zero-order valence-corrected chi connectivity index (χ0v) is 8.07. The summed E-state index contributed by atoms with van der Waals surface area (Å²) in [5.74, 6) is 0. The Morgan fingerprint density at radius 1 is 1.20 bits per heavy atom. The normalized spacial score (nSPS) is 11.3. The van der Waals surface area contributed by atoms with E-state index in [2.05, 4.69) is 15.0 Å². The van der Waals surface area contributed by atoms with Crippen molar-refractivity contribution in [3.63, 3.8) is 0 Å². The second kappa shape index (κ2) is 3.03. The fraction of sp³-hybridized carbons (Fsp3) is 0.0909. The molecule has 3 rings (SSSR count). The van der Waals surface area contributed by atoms with E-state index in [0.29, 0.717) is 6.54 Å². The van der Waals surface area contributed by atoms with Gasteiger partial charge in [-0.2, -0.15) is 0 Å². The molecule has 0 fully saturated rings. The molecular formula is C11H10N4. The molecule has 0 radical (unpaired) electrons. The highest BCUT2D eigenvalue weighted by molar-refractivity contribution is 5.95. The molecule has 2 heterocycles. The predicted molar refractivity (Wildman–Crippen MR) is 59.3 cm³/mol. The summed E-state index contributed by atoms with van der Waals surface area (Å²) in [5.41, 5.74) is 8.53. The number of nitrogens with two attached hydrogens (primary N) is 1. The first-order chi connectivity index (χ1) is 7.38. The molecule has 1 aromatic carbocycles. The van der Waals surface area contributed by atoms with E-state index in [1.807, 2.05) is 24.4 Å². The summed E-state index contributed by atoms with van der Waals surface area (Å²) in [6.07, 6.45) is 3.47. The number of hydrogen-bond donors (Lipinski definition) is 2. The number of pyridine rings is 1. The van der Waals surface area contributed by atoms with Gasteiger partial charge in [-0.15, -0.1) is 0 Å². The van der Waals surface area contributed by atoms with Crippen LogP contribution in [0.4, 0.5) is 0 Å². The Kier molecular flexibility index (Phi) is 1.69. The zero-order valence-electron chi connectivity index (χ0n) is 8.07. The fourth-order valence-corrected chi connectivity index (χ4v) is 1.83. The van der Waals surface area contributed by atoms with E-state index in [0.717, 1.165) is 27.5 Å². The molecule has 0 amide bonds. The zero-order chi connectivity index (χ0) is 10.3. The second-order valence-corrected chi connectivity index (χ2v) is 3.46. The summed E-state index contributed by atoms with van der Waals surface area (Å²) in [5, 5.41) is 2.26. The lowest BCUT2D eigenvalue weighted by Gasteiger charge is -2.03. The Hall–Kier alpha value is -1.94. The van der Waals surface area contributed by atoms with Gasteiger partial charge >= 0.3 is 0 Å². The monoisotopic (exact) mass is 198 g/mol. The molecule has 0 aliphatic rings. The van der Waals surface area contributed by atoms with Gasteiger partial charge in [-0.1, -0.05) is 0 Å². The number of hydrogen-bond acceptors (Lipinski definition) is 3. The Labute approximate surface area is 86.1 Å². The van der Waals surface area contributed by atoms with Crippen molar-refractivity contribution in [2.45, 2.75) is 6.54 Å². The Balaban J connectivity index is 2.48. The van der Waals surface area contributed by atoms with Crippen LogP contribution in [-0.4, -0.2) is 15.0 Å². The lowest BCUT2D eigenvalue weighted by atomic mass is 10.1. The van der Waals surface area contributed by atoms with Crippen LogP contribution in [0, 0.1) is 0 Å². The molecule has 0 bridgehead atoms. The van der Waals surface area contributed by atoms with Crippen LogP contribution in [0.3, 0.4) is 0 Å². The van der Waals surface area contributed by atoms with Crippen molar-refractivity contribution in [1.82, 2.24) is 15.0 Å². The number of rotatable bonds is 1. The molecule has 2 aromatic heterocycles. The topological polar surface area (TPSA) is 67.6 Å². The molecular weight excluding hydrogens is 188 g/mol. The Morgan fingerprint density at radius 3 is 2.80 bits per heavy atom. The van der Waals surface area contributed by atoms with Gasteiger partial charge in [-0.3, -0.25) is 0 Å². The van der Waals surface area contributed by atoms with Crippen LogP contribution in [-0.2, 0) is 6.54 Å². The number of aromatic amines is 1. The van der Waals surface area contributed by atoms with Crippen molar-refractivity contribution >= 4 is 21.8 Å². The summed E-state index contributed by atoms with van der Waals surface area (Å²) in [7, 11) is 0. The second-order valence-electron chi connectivity index (χ2n) is 3.46. The third-order valence-electron chi connectivity index (χ3n) is 2.59. The number of fused-ring (bicyclic) bond motifs is 2. The maximum Gasteiger partial charge on any atom is 0.116 e. The largest absolute Gasteiger partial charge is 0.363 e. The minimum atomic E-state index is 0.497. The Bertz CT molecular complexity index is 627. The maximum atomic E-state index is 5.67. The van der Waals surface area contributed by atoms with Gasteiger partial charge in [0.2, 0.25) is 0 Å². The summed E-state index contributed by atoms with van der Waals surface area (Å²) in [6.45, 7) is 0.497. The van der Waals surface area contributed by atoms with Gasteiger partial charge in [0.15, 0.2) is 0 Å². The van der Waals surface area contributed by atoms with Crippen LogP contribution in [0.15, 0.2) is 30.7 Å². The highest BCUT2D eigenvalue weighted by Crippen LogP contribution is 2.21. The van der Waals surface area contributed by atoms with Gasteiger partial charge in [0.1, 0.15) is 6.33 Å². The van der Waals surface area contributed by atoms with Crippen molar-refractivity contribution < 1.29 is 0 Å². The summed E-state index contributed by atoms with van der Waals surface area (Å²) in [6, 6.07) is 6.07. The summed E-state index contributed by atoms with van der Waals surface area (Å²) in [4.78, 5) is 11.5. The molecule has 3 N–H and O–H groups in total. The lowest BCUT2D eigenvalue weighted by molar-refractivity contribution is 1.01. The first kappa shape index (κ1) is 8.38. The first-order valence-corrected chi connectivity index (χ1v) is 4.79. The van der Waals surface area contributed by atoms with Crippen LogP contribution >= 0.6 is 0 Å². The maximum absolute atomic E-state index is 5.67. The molecule has 4 heteroatoms. The number of benzene rings is 1. The molecule has 0 saturated heterocycles. The van der Waals surface area contributed by atoms with Crippen molar-refractivity contribution in [2.24, 2.45) is 5.73 Å². The van der Waals surface area contributed by atoms with E-state index in [4.69, 9.17) is 5.73 Å². The third-order valence-corrected chi connectivity index (χ3v) is 2.59. The summed E-state index contributed by atoms with van der Waals surface area (Å²) < 4.78 is 0. The molecule has 0 aliphatic carbocycles. The number of H-pyrrole nitrogens is 1. The average Bonchev–Trinajstić information content (AvgIpc) is 2.72. The van der Waals surface area contributed by atoms with Crippen LogP contribution in [0.25, 0.3) is 21.8 Å². The van der Waals surface area contributed by atoms with E-state index in [9.17, 15) is 0 Å². The molecule has 0 saturated carbocycles. The minimum Gasteiger partial charge on any atom is -0.363 e. The van der Waals surface area contributed by atoms with Gasteiger partial charge in [-0.05, 0) is 23.6 Å². The predicted octanol–water partition coefficient (Wildman–Crippen LogP) is 1.57. The quantitative estimate of drug-likeness (QED) is 0.623. The fourth-order valence-electron chi connectivity index (χ4n) is 1.83. The number of nitrogens with zero attached hydrogens (tertiary/aromatic N) is 2. The molecule has 0 unspecified atom stereocenters. The SMILES string of the molecule is NCc1[nH]ccc2cc3ncnc3cc12. The smallest absolute Gasteiger partial charge is 0.116 e. The molecule has 3 aromatic rings. The van der Waals surface area contributed by atoms with Crippen molar-refractivity contribution in [3.05, 3.63) is 36.4 Å². The van der Waals surface area contributed by atoms with E-state index >= 15 is 0 Å². The van der Waals surface area contributed by atoms with E-state index in [-0.39, 0.29) is 0 Å². The van der Waals surface area contributed by atoms with Gasteiger partial charge in [0.05, 0.1) is 11.0 Å². The van der Waals surface area contributed by atoms with Crippen LogP contribution < -0.4 is 5.73 Å². The van der Waals surface area contributed by atoms with Crippen LogP contribution in [0.2, 0.25) is 0 Å². The van der Waals surface area contributed by atoms with Gasteiger partial charge in [0, 0.05) is 23.8 Å². The van der Waals surface area contributed by atoms with E-state index in [1.54, 1.807) is 6.33 Å². The summed E-state index contributed by atoms with van der Waals surface area (Å²) >= 11 is 0. The number of aromatic nitrogens is 3. The van der Waals surface area contributed by atoms with Gasteiger partial charge < -0.3 is 10.7 Å². The van der Waals surface area contributed by atoms with Crippen LogP contribution in [0.5, 0.6) is 0 Å². The highest BCUT2D eigenvalue weighted by Gasteiger charge is 2.03.